The molecule has 1 unspecified atom stereocenters. The van der Waals surface area contributed by atoms with E-state index in [1.807, 2.05) is 18.2 Å². The Morgan fingerprint density at radius 1 is 1.19 bits per heavy atom. The molecule has 32 heavy (non-hydrogen) atoms. The molecule has 8 nitrogen and oxygen atoms in total. The third kappa shape index (κ3) is 4.22. The van der Waals surface area contributed by atoms with Gasteiger partial charge in [0.2, 0.25) is 0 Å². The van der Waals surface area contributed by atoms with Gasteiger partial charge in [-0.05, 0) is 37.8 Å². The second-order valence-corrected chi connectivity index (χ2v) is 9.42. The minimum absolute atomic E-state index is 0.333. The van der Waals surface area contributed by atoms with E-state index in [1.165, 1.54) is 30.6 Å². The molecule has 5 heterocycles. The van der Waals surface area contributed by atoms with Gasteiger partial charge in [0, 0.05) is 48.7 Å². The Morgan fingerprint density at radius 3 is 2.78 bits per heavy atom. The number of fused-ring (bicyclic) bond motifs is 3. The quantitative estimate of drug-likeness (QED) is 0.575. The Bertz CT molecular complexity index is 1180. The van der Waals surface area contributed by atoms with E-state index in [0.29, 0.717) is 40.4 Å². The second kappa shape index (κ2) is 9.07. The average molecular weight is 445 g/mol. The van der Waals surface area contributed by atoms with E-state index in [2.05, 4.69) is 37.6 Å². The number of nitrogens with one attached hydrogen (secondary N) is 2. The lowest BCUT2D eigenvalue weighted by Gasteiger charge is -2.49. The van der Waals surface area contributed by atoms with E-state index in [9.17, 15) is 0 Å². The van der Waals surface area contributed by atoms with Gasteiger partial charge >= 0.3 is 0 Å². The molecule has 2 N–H and O–H groups in total. The van der Waals surface area contributed by atoms with Crippen LogP contribution in [0.5, 0.6) is 0 Å². The summed E-state index contributed by atoms with van der Waals surface area (Å²) in [6, 6.07) is 11.7. The zero-order valence-corrected chi connectivity index (χ0v) is 18.5. The summed E-state index contributed by atoms with van der Waals surface area (Å²) in [6.07, 6.45) is 9.72. The lowest BCUT2D eigenvalue weighted by Crippen LogP contribution is -2.55. The zero-order valence-electron chi connectivity index (χ0n) is 17.7. The Labute approximate surface area is 190 Å². The van der Waals surface area contributed by atoms with Crippen molar-refractivity contribution in [3.63, 3.8) is 0 Å². The number of thiazole rings is 1. The van der Waals surface area contributed by atoms with Crippen molar-refractivity contribution >= 4 is 39.0 Å². The van der Waals surface area contributed by atoms with Crippen LogP contribution in [-0.4, -0.2) is 44.5 Å². The monoisotopic (exact) mass is 444 g/mol. The predicted molar refractivity (Wildman–Crippen MR) is 125 cm³/mol. The molecule has 3 aromatic rings. The smallest absolute Gasteiger partial charge is 0.189 e. The van der Waals surface area contributed by atoms with Crippen molar-refractivity contribution in [3.8, 4) is 12.1 Å². The van der Waals surface area contributed by atoms with Gasteiger partial charge in [0.05, 0.1) is 17.8 Å². The van der Waals surface area contributed by atoms with Gasteiger partial charge in [-0.15, -0.1) is 0 Å². The summed E-state index contributed by atoms with van der Waals surface area (Å²) in [7, 11) is 0. The lowest BCUT2D eigenvalue weighted by atomic mass is 9.81. The number of hydrogen-bond acceptors (Lipinski definition) is 9. The number of nitrogens with zero attached hydrogens (tertiary/aromatic N) is 6. The number of piperidine rings is 2. The lowest BCUT2D eigenvalue weighted by molar-refractivity contribution is 0.0370. The van der Waals surface area contributed by atoms with Gasteiger partial charge in [-0.1, -0.05) is 17.8 Å². The molecule has 2 bridgehead atoms. The van der Waals surface area contributed by atoms with Crippen LogP contribution in [-0.2, 0) is 0 Å². The third-order valence-electron chi connectivity index (χ3n) is 6.40. The second-order valence-electron chi connectivity index (χ2n) is 8.39. The van der Waals surface area contributed by atoms with Crippen LogP contribution < -0.4 is 10.6 Å². The maximum atomic E-state index is 9.06. The van der Waals surface area contributed by atoms with Gasteiger partial charge in [-0.3, -0.25) is 9.88 Å². The van der Waals surface area contributed by atoms with Crippen molar-refractivity contribution in [1.82, 2.24) is 19.9 Å². The summed E-state index contributed by atoms with van der Waals surface area (Å²) >= 11 is 1.30. The van der Waals surface area contributed by atoms with Gasteiger partial charge in [-0.2, -0.15) is 10.5 Å². The summed E-state index contributed by atoms with van der Waals surface area (Å²) in [4.78, 5) is 16.8. The Kier molecular flexibility index (Phi) is 5.85. The molecule has 3 atom stereocenters. The predicted octanol–water partition coefficient (Wildman–Crippen LogP) is 4.41. The SMILES string of the molecule is N#CCCN1[C@@H]2CCC[C@H]1CC(Nc1nc(Nc3ncc(C#N)s3)cc3ncccc13)C2. The molecule has 0 spiro atoms. The van der Waals surface area contributed by atoms with E-state index < -0.39 is 0 Å². The highest BCUT2D eigenvalue weighted by atomic mass is 32.1. The molecule has 3 aromatic heterocycles. The maximum absolute atomic E-state index is 9.06. The summed E-state index contributed by atoms with van der Waals surface area (Å²) < 4.78 is 0. The molecule has 0 aromatic carbocycles. The number of nitriles is 2. The Hall–Kier alpha value is -3.27. The number of rotatable bonds is 6. The van der Waals surface area contributed by atoms with Crippen LogP contribution >= 0.6 is 11.3 Å². The zero-order chi connectivity index (χ0) is 21.9. The summed E-state index contributed by atoms with van der Waals surface area (Å²) in [5, 5.41) is 26.7. The minimum Gasteiger partial charge on any atom is -0.367 e. The van der Waals surface area contributed by atoms with Crippen LogP contribution in [0.2, 0.25) is 0 Å². The molecule has 2 aliphatic rings. The van der Waals surface area contributed by atoms with E-state index in [4.69, 9.17) is 15.5 Å². The first-order chi connectivity index (χ1) is 15.7. The molecule has 5 rings (SSSR count). The third-order valence-corrected chi connectivity index (χ3v) is 7.22. The molecule has 2 fully saturated rings. The van der Waals surface area contributed by atoms with Gasteiger partial charge in [0.15, 0.2) is 5.13 Å². The first-order valence-electron chi connectivity index (χ1n) is 11.0. The topological polar surface area (TPSA) is 114 Å². The fourth-order valence-electron chi connectivity index (χ4n) is 5.08. The summed E-state index contributed by atoms with van der Waals surface area (Å²) in [6.45, 7) is 0.877. The highest BCUT2D eigenvalue weighted by Gasteiger charge is 2.38. The average Bonchev–Trinajstić information content (AvgIpc) is 3.25. The fourth-order valence-corrected chi connectivity index (χ4v) is 5.70. The number of pyridine rings is 2. The Balaban J connectivity index is 1.39. The van der Waals surface area contributed by atoms with Crippen LogP contribution in [0.1, 0.15) is 43.4 Å². The molecule has 0 saturated carbocycles. The first-order valence-corrected chi connectivity index (χ1v) is 11.8. The van der Waals surface area contributed by atoms with Gasteiger partial charge in [-0.25, -0.2) is 9.97 Å². The van der Waals surface area contributed by atoms with Crippen LogP contribution in [0.25, 0.3) is 10.9 Å². The highest BCUT2D eigenvalue weighted by Crippen LogP contribution is 2.36. The molecule has 0 radical (unpaired) electrons. The largest absolute Gasteiger partial charge is 0.367 e. The van der Waals surface area contributed by atoms with Crippen LogP contribution in [0.15, 0.2) is 30.6 Å². The van der Waals surface area contributed by atoms with Gasteiger partial charge < -0.3 is 10.6 Å². The van der Waals surface area contributed by atoms with E-state index in [-0.39, 0.29) is 0 Å². The van der Waals surface area contributed by atoms with Crippen molar-refractivity contribution in [2.24, 2.45) is 0 Å². The molecule has 0 amide bonds. The molecule has 0 aliphatic carbocycles. The van der Waals surface area contributed by atoms with Crippen molar-refractivity contribution in [2.45, 2.75) is 56.7 Å². The fraction of sp³-hybridized carbons (Fsp3) is 0.435. The van der Waals surface area contributed by atoms with Crippen molar-refractivity contribution in [2.75, 3.05) is 17.2 Å². The van der Waals surface area contributed by atoms with Crippen LogP contribution in [0.3, 0.4) is 0 Å². The number of hydrogen-bond donors (Lipinski definition) is 2. The molecular weight excluding hydrogens is 420 g/mol. The normalized spacial score (nSPS) is 22.8. The molecule has 9 heteroatoms. The number of aromatic nitrogens is 3. The minimum atomic E-state index is 0.333. The maximum Gasteiger partial charge on any atom is 0.189 e. The summed E-state index contributed by atoms with van der Waals surface area (Å²) in [5.74, 6) is 1.48. The van der Waals surface area contributed by atoms with Crippen molar-refractivity contribution < 1.29 is 0 Å². The molecular formula is C23H24N8S. The van der Waals surface area contributed by atoms with Crippen LogP contribution in [0, 0.1) is 22.7 Å². The number of anilines is 3. The van der Waals surface area contributed by atoms with Gasteiger partial charge in [0.1, 0.15) is 22.6 Å². The Morgan fingerprint density at radius 2 is 2.03 bits per heavy atom. The van der Waals surface area contributed by atoms with E-state index in [1.54, 1.807) is 12.4 Å². The summed E-state index contributed by atoms with van der Waals surface area (Å²) in [5.41, 5.74) is 0.858. The standard InChI is InChI=1S/C23H24N8S/c24-7-3-9-31-16-4-1-5-17(31)11-15(10-16)28-22-19-6-2-8-26-20(19)12-21(29-22)30-23-27-14-18(13-25)32-23/h2,6,8,12,14-17H,1,3-5,9-11H2,(H2,27,28,29,30)/t15?,16-,17+. The van der Waals surface area contributed by atoms with E-state index in [0.717, 1.165) is 36.1 Å². The molecule has 2 saturated heterocycles. The molecule has 2 aliphatic heterocycles. The van der Waals surface area contributed by atoms with Crippen molar-refractivity contribution in [3.05, 3.63) is 35.5 Å². The first kappa shape index (κ1) is 20.6. The van der Waals surface area contributed by atoms with E-state index >= 15 is 0 Å². The van der Waals surface area contributed by atoms with Gasteiger partial charge in [0.25, 0.3) is 0 Å². The van der Waals surface area contributed by atoms with Crippen LogP contribution in [0.4, 0.5) is 16.8 Å². The highest BCUT2D eigenvalue weighted by molar-refractivity contribution is 7.16. The van der Waals surface area contributed by atoms with Crippen molar-refractivity contribution in [1.29, 1.82) is 10.5 Å². The molecule has 162 valence electrons.